The summed E-state index contributed by atoms with van der Waals surface area (Å²) >= 11 is 5.74. The molecular formula is C25H38N8O5S2. The van der Waals surface area contributed by atoms with Gasteiger partial charge in [0.1, 0.15) is 18.1 Å². The number of aliphatic carboxylic acids is 1. The third kappa shape index (κ3) is 10.3. The number of rotatable bonds is 17. The fourth-order valence-electron chi connectivity index (χ4n) is 3.88. The first-order valence-electron chi connectivity index (χ1n) is 12.7. The van der Waals surface area contributed by atoms with Gasteiger partial charge in [-0.25, -0.2) is 4.79 Å². The number of carboxylic acid groups (broad SMARTS) is 1. The first kappa shape index (κ1) is 32.8. The van der Waals surface area contributed by atoms with Crippen molar-refractivity contribution in [3.8, 4) is 0 Å². The molecule has 3 amide bonds. The number of carbonyl (C=O) groups is 4. The Bertz CT molecular complexity index is 1190. The van der Waals surface area contributed by atoms with Crippen LogP contribution in [0.2, 0.25) is 0 Å². The van der Waals surface area contributed by atoms with Crippen LogP contribution in [-0.2, 0) is 25.6 Å². The first-order valence-corrected chi connectivity index (χ1v) is 14.7. The van der Waals surface area contributed by atoms with Crippen LogP contribution >= 0.6 is 24.4 Å². The Hall–Kier alpha value is -3.43. The van der Waals surface area contributed by atoms with Gasteiger partial charge in [0.15, 0.2) is 5.96 Å². The van der Waals surface area contributed by atoms with Crippen LogP contribution < -0.4 is 33.2 Å². The molecule has 0 aliphatic carbocycles. The average molecular weight is 595 g/mol. The molecule has 1 aromatic heterocycles. The number of hydrogen-bond acceptors (Lipinski definition) is 8. The van der Waals surface area contributed by atoms with Crippen molar-refractivity contribution in [2.45, 2.75) is 49.9 Å². The molecule has 2 rings (SSSR count). The van der Waals surface area contributed by atoms with Crippen molar-refractivity contribution < 1.29 is 24.3 Å². The summed E-state index contributed by atoms with van der Waals surface area (Å²) in [5, 5.41) is 18.3. The van der Waals surface area contributed by atoms with Crippen LogP contribution in [0.1, 0.15) is 24.8 Å². The van der Waals surface area contributed by atoms with Crippen molar-refractivity contribution in [2.75, 3.05) is 24.3 Å². The van der Waals surface area contributed by atoms with Gasteiger partial charge in [-0.2, -0.15) is 24.4 Å². The van der Waals surface area contributed by atoms with Gasteiger partial charge in [0, 0.05) is 35.8 Å². The second-order valence-corrected chi connectivity index (χ2v) is 10.5. The number of aliphatic imine (C=N–C) groups is 1. The predicted molar refractivity (Wildman–Crippen MR) is 160 cm³/mol. The third-order valence-corrected chi connectivity index (χ3v) is 7.09. The molecule has 220 valence electrons. The van der Waals surface area contributed by atoms with E-state index in [1.165, 1.54) is 0 Å². The van der Waals surface area contributed by atoms with Gasteiger partial charge in [0.25, 0.3) is 0 Å². The lowest BCUT2D eigenvalue weighted by atomic mass is 10.0. The van der Waals surface area contributed by atoms with Crippen molar-refractivity contribution in [1.82, 2.24) is 20.9 Å². The summed E-state index contributed by atoms with van der Waals surface area (Å²) < 4.78 is 0. The van der Waals surface area contributed by atoms with E-state index in [-0.39, 0.29) is 31.1 Å². The van der Waals surface area contributed by atoms with Gasteiger partial charge in [-0.3, -0.25) is 19.4 Å². The van der Waals surface area contributed by atoms with Crippen LogP contribution in [0.15, 0.2) is 35.5 Å². The van der Waals surface area contributed by atoms with Crippen LogP contribution in [0, 0.1) is 0 Å². The lowest BCUT2D eigenvalue weighted by molar-refractivity contribution is -0.142. The predicted octanol–water partition coefficient (Wildman–Crippen LogP) is -0.687. The van der Waals surface area contributed by atoms with Crippen molar-refractivity contribution >= 4 is 64.9 Å². The number of nitrogens with zero attached hydrogens (tertiary/aromatic N) is 1. The molecule has 2 aromatic rings. The fraction of sp³-hybridized carbons (Fsp3) is 0.480. The summed E-state index contributed by atoms with van der Waals surface area (Å²) in [6, 6.07) is 3.18. The number of aromatic nitrogens is 1. The van der Waals surface area contributed by atoms with Crippen LogP contribution in [0.25, 0.3) is 10.9 Å². The Morgan fingerprint density at radius 2 is 1.68 bits per heavy atom. The molecular weight excluding hydrogens is 556 g/mol. The number of hydrogen-bond donors (Lipinski definition) is 9. The maximum Gasteiger partial charge on any atom is 0.326 e. The average Bonchev–Trinajstić information content (AvgIpc) is 3.33. The van der Waals surface area contributed by atoms with Gasteiger partial charge in [0.2, 0.25) is 17.7 Å². The molecule has 0 aliphatic heterocycles. The lowest BCUT2D eigenvalue weighted by Crippen LogP contribution is -2.58. The summed E-state index contributed by atoms with van der Waals surface area (Å²) in [6.45, 7) is 0.194. The van der Waals surface area contributed by atoms with E-state index in [1.807, 2.05) is 30.5 Å². The highest BCUT2D eigenvalue weighted by atomic mass is 32.2. The molecule has 0 bridgehead atoms. The standard InChI is InChI=1S/C25H38N8O5S2/c1-40-10-8-16(26)21(34)33-20(13-39)23(36)32-19(11-14-12-30-17-6-3-2-5-15(14)17)22(35)31-18(24(37)38)7-4-9-29-25(27)28/h2-3,5-6,12,16,18-20,30,39H,4,7-11,13,26H2,1H3,(H,31,35)(H,32,36)(H,33,34)(H,37,38)(H4,27,28,29). The topological polar surface area (TPSA) is 231 Å². The number of thioether (sulfide) groups is 1. The summed E-state index contributed by atoms with van der Waals surface area (Å²) in [4.78, 5) is 57.8. The van der Waals surface area contributed by atoms with Crippen LogP contribution in [-0.4, -0.2) is 88.2 Å². The molecule has 1 heterocycles. The Balaban J connectivity index is 2.22. The van der Waals surface area contributed by atoms with E-state index in [1.54, 1.807) is 18.0 Å². The van der Waals surface area contributed by atoms with E-state index in [4.69, 9.17) is 17.2 Å². The number of guanidine groups is 1. The van der Waals surface area contributed by atoms with Gasteiger partial charge < -0.3 is 43.2 Å². The normalized spacial score (nSPS) is 14.0. The second-order valence-electron chi connectivity index (χ2n) is 9.10. The molecule has 11 N–H and O–H groups in total. The number of H-pyrrole nitrogens is 1. The molecule has 0 spiro atoms. The van der Waals surface area contributed by atoms with E-state index in [0.29, 0.717) is 18.6 Å². The Labute approximate surface area is 242 Å². The third-order valence-electron chi connectivity index (χ3n) is 6.08. The maximum atomic E-state index is 13.4. The Morgan fingerprint density at radius 3 is 2.33 bits per heavy atom. The number of carboxylic acids is 1. The number of fused-ring (bicyclic) bond motifs is 1. The fourth-order valence-corrected chi connectivity index (χ4v) is 4.63. The largest absolute Gasteiger partial charge is 0.480 e. The van der Waals surface area contributed by atoms with Crippen molar-refractivity contribution in [2.24, 2.45) is 22.2 Å². The van der Waals surface area contributed by atoms with Crippen LogP contribution in [0.5, 0.6) is 0 Å². The van der Waals surface area contributed by atoms with Crippen molar-refractivity contribution in [3.05, 3.63) is 36.0 Å². The van der Waals surface area contributed by atoms with Crippen molar-refractivity contribution in [3.63, 3.8) is 0 Å². The zero-order chi connectivity index (χ0) is 29.7. The van der Waals surface area contributed by atoms with Crippen molar-refractivity contribution in [1.29, 1.82) is 0 Å². The zero-order valence-corrected chi connectivity index (χ0v) is 24.0. The monoisotopic (exact) mass is 594 g/mol. The SMILES string of the molecule is CSCCC(N)C(=O)NC(CS)C(=O)NC(Cc1c[nH]c2ccccc12)C(=O)NC(CCCN=C(N)N)C(=O)O. The summed E-state index contributed by atoms with van der Waals surface area (Å²) in [5.74, 6) is -2.59. The zero-order valence-electron chi connectivity index (χ0n) is 22.3. The Kier molecular flexibility index (Phi) is 13.6. The molecule has 0 radical (unpaired) electrons. The quantitative estimate of drug-likeness (QED) is 0.0488. The lowest BCUT2D eigenvalue weighted by Gasteiger charge is -2.24. The van der Waals surface area contributed by atoms with Gasteiger partial charge >= 0.3 is 5.97 Å². The number of nitrogens with one attached hydrogen (secondary N) is 4. The van der Waals surface area contributed by atoms with E-state index in [2.05, 4.69) is 38.6 Å². The van der Waals surface area contributed by atoms with E-state index in [0.717, 1.165) is 16.5 Å². The first-order chi connectivity index (χ1) is 19.1. The highest BCUT2D eigenvalue weighted by Crippen LogP contribution is 2.19. The summed E-state index contributed by atoms with van der Waals surface area (Å²) in [5.41, 5.74) is 18.1. The number of para-hydroxylation sites is 1. The molecule has 40 heavy (non-hydrogen) atoms. The molecule has 0 aliphatic rings. The number of aromatic amines is 1. The smallest absolute Gasteiger partial charge is 0.326 e. The van der Waals surface area contributed by atoms with Gasteiger partial charge in [0.05, 0.1) is 6.04 Å². The highest BCUT2D eigenvalue weighted by Gasteiger charge is 2.30. The number of nitrogens with two attached hydrogens (primary N) is 3. The molecule has 0 saturated heterocycles. The minimum Gasteiger partial charge on any atom is -0.480 e. The molecule has 0 fully saturated rings. The van der Waals surface area contributed by atoms with Gasteiger partial charge in [-0.1, -0.05) is 18.2 Å². The minimum atomic E-state index is -1.24. The molecule has 15 heteroatoms. The molecule has 0 saturated carbocycles. The number of carbonyl (C=O) groups excluding carboxylic acids is 3. The minimum absolute atomic E-state index is 0.0449. The highest BCUT2D eigenvalue weighted by molar-refractivity contribution is 7.98. The summed E-state index contributed by atoms with van der Waals surface area (Å²) in [6.07, 6.45) is 4.48. The Morgan fingerprint density at radius 1 is 1.02 bits per heavy atom. The number of thiol groups is 1. The second kappa shape index (κ2) is 16.6. The van der Waals surface area contributed by atoms with Crippen LogP contribution in [0.3, 0.4) is 0 Å². The number of benzene rings is 1. The van der Waals surface area contributed by atoms with E-state index in [9.17, 15) is 24.3 Å². The molecule has 13 nitrogen and oxygen atoms in total. The van der Waals surface area contributed by atoms with Crippen LogP contribution in [0.4, 0.5) is 0 Å². The number of amides is 3. The van der Waals surface area contributed by atoms with E-state index < -0.39 is 47.9 Å². The van der Waals surface area contributed by atoms with Gasteiger partial charge in [-0.05, 0) is 42.9 Å². The maximum absolute atomic E-state index is 13.4. The molecule has 1 aromatic carbocycles. The van der Waals surface area contributed by atoms with Gasteiger partial charge in [-0.15, -0.1) is 0 Å². The molecule has 4 unspecified atom stereocenters. The summed E-state index contributed by atoms with van der Waals surface area (Å²) in [7, 11) is 0. The van der Waals surface area contributed by atoms with E-state index >= 15 is 0 Å². The molecule has 4 atom stereocenters.